The van der Waals surface area contributed by atoms with Crippen LogP contribution in [0.2, 0.25) is 0 Å². The third-order valence-corrected chi connectivity index (χ3v) is 22.7. The fraction of sp³-hybridized carbons (Fsp3) is 0.762. The first-order valence-electron chi connectivity index (χ1n) is 41.9. The van der Waals surface area contributed by atoms with Crippen molar-refractivity contribution in [3.63, 3.8) is 0 Å². The highest BCUT2D eigenvalue weighted by atomic mass is 32.2. The van der Waals surface area contributed by atoms with Crippen molar-refractivity contribution < 1.29 is 83.3 Å². The molecule has 2 unspecified atom stereocenters. The third-order valence-electron chi connectivity index (χ3n) is 19.6. The number of ether oxygens (including phenoxy) is 6. The number of nitrogens with zero attached hydrogens (tertiary/aromatic N) is 2. The maximum Gasteiger partial charge on any atom is 0.407 e. The molecule has 0 spiro atoms. The predicted octanol–water partition coefficient (Wildman–Crippen LogP) is 18.8. The smallest absolute Gasteiger partial charge is 0.407 e. The van der Waals surface area contributed by atoms with Crippen molar-refractivity contribution in [3.05, 3.63) is 93.8 Å². The molecule has 620 valence electrons. The first kappa shape index (κ1) is 98.0. The van der Waals surface area contributed by atoms with Gasteiger partial charge in [-0.1, -0.05) is 277 Å². The van der Waals surface area contributed by atoms with Crippen molar-refractivity contribution in [2.45, 2.75) is 370 Å². The average molecular weight is 1590 g/mol. The molecule has 2 amide bonds. The van der Waals surface area contributed by atoms with Crippen molar-refractivity contribution in [1.29, 1.82) is 0 Å². The van der Waals surface area contributed by atoms with Gasteiger partial charge in [-0.2, -0.15) is 9.13 Å². The van der Waals surface area contributed by atoms with Crippen LogP contribution in [0.5, 0.6) is 0 Å². The van der Waals surface area contributed by atoms with Gasteiger partial charge in [-0.15, -0.1) is 0 Å². The number of rotatable bonds is 58. The molecule has 20 nitrogen and oxygen atoms in total. The first-order chi connectivity index (χ1) is 52.4. The lowest BCUT2D eigenvalue weighted by Crippen LogP contribution is -2.43. The maximum absolute atomic E-state index is 12.4. The van der Waals surface area contributed by atoms with E-state index in [4.69, 9.17) is 28.4 Å². The van der Waals surface area contributed by atoms with Gasteiger partial charge >= 0.3 is 12.2 Å². The number of unbranched alkanes of at least 4 members (excludes halogenated alkanes) is 34. The van der Waals surface area contributed by atoms with Gasteiger partial charge in [0.15, 0.2) is 12.4 Å². The van der Waals surface area contributed by atoms with Crippen molar-refractivity contribution in [3.8, 4) is 0 Å². The molecule has 6 rings (SSSR count). The van der Waals surface area contributed by atoms with Gasteiger partial charge in [0.2, 0.25) is 11.0 Å². The van der Waals surface area contributed by atoms with Crippen LogP contribution in [0.3, 0.4) is 0 Å². The second-order valence-electron chi connectivity index (χ2n) is 29.6. The van der Waals surface area contributed by atoms with Crippen LogP contribution >= 0.6 is 22.7 Å². The Morgan fingerprint density at radius 2 is 0.759 bits per heavy atom. The Balaban J connectivity index is 0.000000435. The second-order valence-corrected chi connectivity index (χ2v) is 33.9. The number of benzene rings is 2. The molecule has 108 heavy (non-hydrogen) atoms. The topological polar surface area (TPSA) is 276 Å². The van der Waals surface area contributed by atoms with Crippen LogP contribution in [0.4, 0.5) is 9.59 Å². The Bertz CT molecular complexity index is 2750. The van der Waals surface area contributed by atoms with E-state index in [1.165, 1.54) is 217 Å². The van der Waals surface area contributed by atoms with Gasteiger partial charge in [0.25, 0.3) is 0 Å². The number of aliphatic hydroxyl groups is 2. The number of nitrogens with one attached hydrogen (secondary N) is 2. The zero-order valence-electron chi connectivity index (χ0n) is 66.9. The lowest BCUT2D eigenvalue weighted by molar-refractivity contribution is -0.692. The number of aromatic nitrogens is 2. The van der Waals surface area contributed by atoms with E-state index in [-0.39, 0.29) is 46.4 Å². The Kier molecular flexibility index (Phi) is 59.2. The summed E-state index contributed by atoms with van der Waals surface area (Å²) >= 11 is 3.44. The lowest BCUT2D eigenvalue weighted by atomic mass is 10.0. The summed E-state index contributed by atoms with van der Waals surface area (Å²) in [6.45, 7) is 14.2. The molecule has 0 bridgehead atoms. The number of aryl methyl sites for hydroxylation is 4. The summed E-state index contributed by atoms with van der Waals surface area (Å²) in [5.74, 6) is 0. The van der Waals surface area contributed by atoms with E-state index >= 15 is 0 Å². The van der Waals surface area contributed by atoms with E-state index in [9.17, 15) is 45.7 Å². The van der Waals surface area contributed by atoms with Crippen LogP contribution in [0.25, 0.3) is 0 Å². The van der Waals surface area contributed by atoms with Crippen LogP contribution in [-0.2, 0) is 61.7 Å². The molecule has 2 aliphatic heterocycles. The number of carbonyl (C=O) groups excluding carboxylic acids is 2. The first-order valence-corrected chi connectivity index (χ1v) is 46.6. The molecule has 24 heteroatoms. The maximum atomic E-state index is 12.4. The van der Waals surface area contributed by atoms with Gasteiger partial charge in [-0.05, 0) is 102 Å². The summed E-state index contributed by atoms with van der Waals surface area (Å²) < 4.78 is 101. The van der Waals surface area contributed by atoms with Crippen LogP contribution in [0.15, 0.2) is 92.5 Å². The van der Waals surface area contributed by atoms with E-state index < -0.39 is 32.4 Å². The minimum Gasteiger partial charge on any atom is -0.744 e. The van der Waals surface area contributed by atoms with Crippen LogP contribution in [-0.4, -0.2) is 138 Å². The molecular formula is C84H144N4O16S4. The zero-order chi connectivity index (χ0) is 78.2. The van der Waals surface area contributed by atoms with E-state index in [0.717, 1.165) is 114 Å². The van der Waals surface area contributed by atoms with E-state index in [1.54, 1.807) is 46.9 Å². The molecule has 2 aliphatic rings. The summed E-state index contributed by atoms with van der Waals surface area (Å²) in [5, 5.41) is 30.6. The summed E-state index contributed by atoms with van der Waals surface area (Å²) in [4.78, 5) is 24.4. The minimum atomic E-state index is -4.27. The molecule has 4 heterocycles. The molecule has 2 saturated heterocycles. The number of thiazole rings is 2. The van der Waals surface area contributed by atoms with Crippen molar-refractivity contribution >= 4 is 55.1 Å². The van der Waals surface area contributed by atoms with Crippen molar-refractivity contribution in [2.24, 2.45) is 0 Å². The molecule has 0 radical (unpaired) electrons. The molecule has 0 aliphatic carbocycles. The highest BCUT2D eigenvalue weighted by Crippen LogP contribution is 2.22. The number of amides is 2. The highest BCUT2D eigenvalue weighted by Gasteiger charge is 2.31. The van der Waals surface area contributed by atoms with Crippen LogP contribution in [0.1, 0.15) is 307 Å². The normalized spacial score (nSPS) is 16.4. The van der Waals surface area contributed by atoms with Gasteiger partial charge in [0, 0.05) is 39.1 Å². The Hall–Kier alpha value is -4.18. The summed E-state index contributed by atoms with van der Waals surface area (Å²) in [6, 6.07) is 11.6. The van der Waals surface area contributed by atoms with Gasteiger partial charge in [0.1, 0.15) is 57.7 Å². The predicted molar refractivity (Wildman–Crippen MR) is 431 cm³/mol. The van der Waals surface area contributed by atoms with E-state index in [1.807, 2.05) is 13.8 Å². The van der Waals surface area contributed by atoms with Crippen LogP contribution in [0, 0.1) is 13.8 Å². The quantitative estimate of drug-likeness (QED) is 0.0182. The zero-order valence-corrected chi connectivity index (χ0v) is 70.1. The van der Waals surface area contributed by atoms with Gasteiger partial charge in [-0.25, -0.2) is 26.4 Å². The van der Waals surface area contributed by atoms with Gasteiger partial charge < -0.3 is 58.4 Å². The SMILES string of the molecule is CCCCCCCCCCCCCCCCCNC(=O)O[C@@H]1CCCO[C@H]1COCC(O)CCCCCC[n+]1ccsc1.CCCCCCCCCCCCCCCCCNC(=O)O[C@@H]1CCCO[C@H]1COCC(O)CCCCCC[n+]1ccsc1.Cc1ccc(S(=O)(=O)[O-])cc1.Cc1ccc(S(=O)(=O)[O-])cc1. The van der Waals surface area contributed by atoms with E-state index in [2.05, 4.69) is 67.8 Å². The molecule has 2 aromatic carbocycles. The number of hydrogen-bond acceptors (Lipinski definition) is 18. The molecule has 2 fully saturated rings. The van der Waals surface area contributed by atoms with Crippen molar-refractivity contribution in [2.75, 3.05) is 52.7 Å². The highest BCUT2D eigenvalue weighted by molar-refractivity contribution is 7.86. The van der Waals surface area contributed by atoms with Crippen molar-refractivity contribution in [1.82, 2.24) is 10.6 Å². The molecule has 4 N–H and O–H groups in total. The molecule has 2 aromatic heterocycles. The summed E-state index contributed by atoms with van der Waals surface area (Å²) in [7, 11) is -8.54. The Labute approximate surface area is 661 Å². The fourth-order valence-corrected chi connectivity index (χ4v) is 15.2. The number of carbonyl (C=O) groups is 2. The largest absolute Gasteiger partial charge is 0.744 e. The van der Waals surface area contributed by atoms with E-state index in [0.29, 0.717) is 52.7 Å². The van der Waals surface area contributed by atoms with Gasteiger partial charge in [-0.3, -0.25) is 0 Å². The third kappa shape index (κ3) is 54.5. The Morgan fingerprint density at radius 1 is 0.463 bits per heavy atom. The number of hydrogen-bond donors (Lipinski definition) is 4. The minimum absolute atomic E-state index is 0.178. The molecule has 4 aromatic rings. The molecular weight excluding hydrogens is 1450 g/mol. The second kappa shape index (κ2) is 65.2. The molecule has 6 atom stereocenters. The molecule has 0 saturated carbocycles. The fourth-order valence-electron chi connectivity index (χ4n) is 13.0. The monoisotopic (exact) mass is 1590 g/mol. The van der Waals surface area contributed by atoms with Crippen LogP contribution < -0.4 is 19.8 Å². The van der Waals surface area contributed by atoms with Gasteiger partial charge in [0.05, 0.1) is 59.2 Å². The summed E-state index contributed by atoms with van der Waals surface area (Å²) in [6.07, 6.45) is 55.2. The lowest BCUT2D eigenvalue weighted by Gasteiger charge is -2.31. The average Bonchev–Trinajstić information content (AvgIpc) is 1.07. The number of aliphatic hydroxyl groups excluding tert-OH is 2. The number of alkyl carbamates (subject to hydrolysis) is 2. The summed E-state index contributed by atoms with van der Waals surface area (Å²) in [5.41, 5.74) is 6.14. The Morgan fingerprint density at radius 3 is 1.06 bits per heavy atom. The standard InChI is InChI=1S/2C35H64N2O5S.2C7H8O3S/c2*1-2-3-4-5-6-7-8-9-10-11-12-13-14-16-19-24-36-35(39)42-33-23-21-27-41-34(33)30-40-29-32(38)22-18-15-17-20-25-37-26-28-43-31-37;2*1-6-2-4-7(5-3-6)11(8,9)10/h2*26,28,31-34,38H,2-25,27,29-30H2,1H3;2*2-5H,1H3,(H,8,9,10)/t2*32?,33-,34+;;/m11../s1.